The Bertz CT molecular complexity index is 533. The molecule has 0 aliphatic heterocycles. The Morgan fingerprint density at radius 2 is 2.11 bits per heavy atom. The Balaban J connectivity index is 2.20. The molecule has 19 heavy (non-hydrogen) atoms. The highest BCUT2D eigenvalue weighted by Gasteiger charge is 2.21. The molecule has 1 aromatic heterocycles. The maximum Gasteiger partial charge on any atom is 0.174 e. The SMILES string of the molecule is CCCn1cc(C(=O)C(CN)c2ccccc2)cn1. The predicted molar refractivity (Wildman–Crippen MR) is 75.1 cm³/mol. The lowest BCUT2D eigenvalue weighted by Gasteiger charge is -2.12. The summed E-state index contributed by atoms with van der Waals surface area (Å²) in [5.74, 6) is -0.253. The Labute approximate surface area is 113 Å². The molecule has 1 heterocycles. The molecule has 4 heteroatoms. The van der Waals surface area contributed by atoms with Crippen LogP contribution in [-0.2, 0) is 6.54 Å². The van der Waals surface area contributed by atoms with Crippen molar-refractivity contribution in [1.82, 2.24) is 9.78 Å². The molecule has 4 nitrogen and oxygen atoms in total. The molecule has 0 saturated carbocycles. The van der Waals surface area contributed by atoms with E-state index in [-0.39, 0.29) is 11.7 Å². The van der Waals surface area contributed by atoms with Crippen LogP contribution in [0.4, 0.5) is 0 Å². The van der Waals surface area contributed by atoms with Gasteiger partial charge in [-0.05, 0) is 12.0 Å². The number of benzene rings is 1. The first-order valence-corrected chi connectivity index (χ1v) is 6.58. The van der Waals surface area contributed by atoms with Gasteiger partial charge in [0.25, 0.3) is 0 Å². The molecule has 0 aliphatic rings. The molecule has 0 aliphatic carbocycles. The Kier molecular flexibility index (Phi) is 4.47. The van der Waals surface area contributed by atoms with E-state index < -0.39 is 0 Å². The van der Waals surface area contributed by atoms with Crippen molar-refractivity contribution < 1.29 is 4.79 Å². The van der Waals surface area contributed by atoms with Crippen LogP contribution in [0.25, 0.3) is 0 Å². The quantitative estimate of drug-likeness (QED) is 0.807. The predicted octanol–water partition coefficient (Wildman–Crippen LogP) is 2.22. The van der Waals surface area contributed by atoms with Gasteiger partial charge >= 0.3 is 0 Å². The van der Waals surface area contributed by atoms with Crippen molar-refractivity contribution in [3.05, 3.63) is 53.9 Å². The van der Waals surface area contributed by atoms with Crippen LogP contribution >= 0.6 is 0 Å². The molecule has 0 spiro atoms. The van der Waals surface area contributed by atoms with Crippen molar-refractivity contribution in [3.63, 3.8) is 0 Å². The summed E-state index contributed by atoms with van der Waals surface area (Å²) in [5.41, 5.74) is 7.35. The maximum absolute atomic E-state index is 12.5. The Hall–Kier alpha value is -1.94. The number of ketones is 1. The smallest absolute Gasteiger partial charge is 0.174 e. The molecule has 2 rings (SSSR count). The zero-order valence-corrected chi connectivity index (χ0v) is 11.1. The number of nitrogens with two attached hydrogens (primary N) is 1. The first-order chi connectivity index (χ1) is 9.26. The second-order valence-electron chi connectivity index (χ2n) is 4.56. The summed E-state index contributed by atoms with van der Waals surface area (Å²) in [4.78, 5) is 12.5. The summed E-state index contributed by atoms with van der Waals surface area (Å²) in [6.07, 6.45) is 4.43. The molecule has 0 fully saturated rings. The van der Waals surface area contributed by atoms with Crippen LogP contribution in [0.1, 0.15) is 35.2 Å². The molecule has 1 unspecified atom stereocenters. The summed E-state index contributed by atoms with van der Waals surface area (Å²) >= 11 is 0. The van der Waals surface area contributed by atoms with E-state index in [0.29, 0.717) is 12.1 Å². The van der Waals surface area contributed by atoms with Gasteiger partial charge in [-0.25, -0.2) is 0 Å². The van der Waals surface area contributed by atoms with E-state index in [1.165, 1.54) is 0 Å². The zero-order valence-electron chi connectivity index (χ0n) is 11.1. The van der Waals surface area contributed by atoms with Crippen LogP contribution in [0.15, 0.2) is 42.7 Å². The largest absolute Gasteiger partial charge is 0.329 e. The van der Waals surface area contributed by atoms with Gasteiger partial charge in [0, 0.05) is 19.3 Å². The van der Waals surface area contributed by atoms with Crippen LogP contribution < -0.4 is 5.73 Å². The fraction of sp³-hybridized carbons (Fsp3) is 0.333. The van der Waals surface area contributed by atoms with E-state index in [0.717, 1.165) is 18.5 Å². The lowest BCUT2D eigenvalue weighted by molar-refractivity contribution is 0.0962. The molecule has 1 aromatic carbocycles. The Morgan fingerprint density at radius 3 is 2.74 bits per heavy atom. The fourth-order valence-electron chi connectivity index (χ4n) is 2.12. The number of Topliss-reactive ketones (excluding diaryl/α,β-unsaturated/α-hetero) is 1. The van der Waals surface area contributed by atoms with Gasteiger partial charge in [-0.15, -0.1) is 0 Å². The Morgan fingerprint density at radius 1 is 1.37 bits per heavy atom. The van der Waals surface area contributed by atoms with Crippen molar-refractivity contribution in [2.24, 2.45) is 5.73 Å². The molecular weight excluding hydrogens is 238 g/mol. The second kappa shape index (κ2) is 6.29. The molecule has 2 aromatic rings. The minimum atomic E-state index is -0.291. The molecule has 0 bridgehead atoms. The number of hydrogen-bond acceptors (Lipinski definition) is 3. The molecule has 1 atom stereocenters. The van der Waals surface area contributed by atoms with Crippen molar-refractivity contribution in [2.75, 3.05) is 6.54 Å². The normalized spacial score (nSPS) is 12.3. The van der Waals surface area contributed by atoms with Gasteiger partial charge in [0.2, 0.25) is 0 Å². The number of aryl methyl sites for hydroxylation is 1. The van der Waals surface area contributed by atoms with Gasteiger partial charge < -0.3 is 5.73 Å². The summed E-state index contributed by atoms with van der Waals surface area (Å²) < 4.78 is 1.80. The van der Waals surface area contributed by atoms with Gasteiger partial charge in [-0.2, -0.15) is 5.10 Å². The number of aromatic nitrogens is 2. The molecule has 2 N–H and O–H groups in total. The standard InChI is InChI=1S/C15H19N3O/c1-2-8-18-11-13(10-17-18)15(19)14(9-16)12-6-4-3-5-7-12/h3-7,10-11,14H,2,8-9,16H2,1H3. The molecule has 0 amide bonds. The lowest BCUT2D eigenvalue weighted by atomic mass is 9.92. The molecule has 100 valence electrons. The fourth-order valence-corrected chi connectivity index (χ4v) is 2.12. The van der Waals surface area contributed by atoms with Crippen LogP contribution in [0.2, 0.25) is 0 Å². The van der Waals surface area contributed by atoms with Gasteiger partial charge in [0.1, 0.15) is 0 Å². The van der Waals surface area contributed by atoms with Crippen LogP contribution in [0, 0.1) is 0 Å². The van der Waals surface area contributed by atoms with Crippen LogP contribution in [0.5, 0.6) is 0 Å². The van der Waals surface area contributed by atoms with Crippen molar-refractivity contribution in [2.45, 2.75) is 25.8 Å². The van der Waals surface area contributed by atoms with Gasteiger partial charge in [0.05, 0.1) is 17.7 Å². The maximum atomic E-state index is 12.5. The second-order valence-corrected chi connectivity index (χ2v) is 4.56. The minimum Gasteiger partial charge on any atom is -0.329 e. The summed E-state index contributed by atoms with van der Waals surface area (Å²) in [7, 11) is 0. The van der Waals surface area contributed by atoms with E-state index >= 15 is 0 Å². The van der Waals surface area contributed by atoms with Crippen LogP contribution in [-0.4, -0.2) is 22.1 Å². The van der Waals surface area contributed by atoms with Crippen molar-refractivity contribution in [3.8, 4) is 0 Å². The first kappa shape index (κ1) is 13.5. The number of carbonyl (C=O) groups is 1. The summed E-state index contributed by atoms with van der Waals surface area (Å²) in [6, 6.07) is 9.65. The summed E-state index contributed by atoms with van der Waals surface area (Å²) in [5, 5.41) is 4.19. The highest BCUT2D eigenvalue weighted by molar-refractivity contribution is 6.00. The molecular formula is C15H19N3O. The average molecular weight is 257 g/mol. The van der Waals surface area contributed by atoms with Crippen molar-refractivity contribution in [1.29, 1.82) is 0 Å². The van der Waals surface area contributed by atoms with E-state index in [1.54, 1.807) is 17.1 Å². The van der Waals surface area contributed by atoms with Crippen molar-refractivity contribution >= 4 is 5.78 Å². The van der Waals surface area contributed by atoms with Gasteiger partial charge in [-0.1, -0.05) is 37.3 Å². The number of hydrogen-bond donors (Lipinski definition) is 1. The van der Waals surface area contributed by atoms with E-state index in [2.05, 4.69) is 12.0 Å². The first-order valence-electron chi connectivity index (χ1n) is 6.58. The number of carbonyl (C=O) groups excluding carboxylic acids is 1. The topological polar surface area (TPSA) is 60.9 Å². The highest BCUT2D eigenvalue weighted by Crippen LogP contribution is 2.19. The van der Waals surface area contributed by atoms with Crippen LogP contribution in [0.3, 0.4) is 0 Å². The third-order valence-electron chi connectivity index (χ3n) is 3.12. The molecule has 0 radical (unpaired) electrons. The number of rotatable bonds is 6. The van der Waals surface area contributed by atoms with Gasteiger partial charge in [0.15, 0.2) is 5.78 Å². The monoisotopic (exact) mass is 257 g/mol. The van der Waals surface area contributed by atoms with E-state index in [4.69, 9.17) is 5.73 Å². The third kappa shape index (κ3) is 3.09. The van der Waals surface area contributed by atoms with Gasteiger partial charge in [-0.3, -0.25) is 9.48 Å². The zero-order chi connectivity index (χ0) is 13.7. The van der Waals surface area contributed by atoms with E-state index in [9.17, 15) is 4.79 Å². The highest BCUT2D eigenvalue weighted by atomic mass is 16.1. The van der Waals surface area contributed by atoms with E-state index in [1.807, 2.05) is 30.3 Å². The third-order valence-corrected chi connectivity index (χ3v) is 3.12. The lowest BCUT2D eigenvalue weighted by Crippen LogP contribution is -2.21. The summed E-state index contributed by atoms with van der Waals surface area (Å²) in [6.45, 7) is 3.21. The minimum absolute atomic E-state index is 0.0380. The number of nitrogens with zero attached hydrogens (tertiary/aromatic N) is 2. The molecule has 0 saturated heterocycles. The average Bonchev–Trinajstić information content (AvgIpc) is 2.90.